The fraction of sp³-hybridized carbons (Fsp3) is 0.571. The molecule has 0 spiro atoms. The second kappa shape index (κ2) is 6.54. The van der Waals surface area contributed by atoms with Gasteiger partial charge in [0.2, 0.25) is 0 Å². The molecule has 0 unspecified atom stereocenters. The Balaban J connectivity index is 2.09. The van der Waals surface area contributed by atoms with E-state index >= 15 is 0 Å². The number of rotatable bonds is 5. The Labute approximate surface area is 126 Å². The Hall–Kier alpha value is -1.14. The normalized spacial score (nSPS) is 17.7. The van der Waals surface area contributed by atoms with Crippen LogP contribution in [0.4, 0.5) is 11.4 Å². The Bertz CT molecular complexity index is 487. The predicted octanol–water partition coefficient (Wildman–Crippen LogP) is 3.71. The Morgan fingerprint density at radius 3 is 2.65 bits per heavy atom. The van der Waals surface area contributed by atoms with Crippen LogP contribution < -0.4 is 5.32 Å². The molecule has 0 atom stereocenters. The highest BCUT2D eigenvalue weighted by Crippen LogP contribution is 2.37. The summed E-state index contributed by atoms with van der Waals surface area (Å²) >= 11 is 3.40. The van der Waals surface area contributed by atoms with E-state index in [-0.39, 0.29) is 17.7 Å². The van der Waals surface area contributed by atoms with E-state index in [1.165, 1.54) is 18.6 Å². The van der Waals surface area contributed by atoms with Crippen LogP contribution in [-0.2, 0) is 0 Å². The van der Waals surface area contributed by atoms with Gasteiger partial charge in [0.25, 0.3) is 5.69 Å². The molecule has 0 saturated heterocycles. The minimum absolute atomic E-state index is 0.0670. The molecule has 0 bridgehead atoms. The lowest BCUT2D eigenvalue weighted by atomic mass is 9.74. The molecule has 2 N–H and O–H groups in total. The highest BCUT2D eigenvalue weighted by Gasteiger charge is 2.31. The van der Waals surface area contributed by atoms with Gasteiger partial charge in [0.05, 0.1) is 17.2 Å². The maximum Gasteiger partial charge on any atom is 0.271 e. The van der Waals surface area contributed by atoms with Crippen LogP contribution in [0, 0.1) is 15.5 Å². The highest BCUT2D eigenvalue weighted by molar-refractivity contribution is 9.10. The van der Waals surface area contributed by atoms with Crippen LogP contribution in [0.5, 0.6) is 0 Å². The van der Waals surface area contributed by atoms with E-state index in [0.717, 1.165) is 30.2 Å². The van der Waals surface area contributed by atoms with Crippen LogP contribution in [-0.4, -0.2) is 23.2 Å². The first-order valence-electron chi connectivity index (χ1n) is 6.85. The number of nitrogens with one attached hydrogen (secondary N) is 1. The van der Waals surface area contributed by atoms with Crippen molar-refractivity contribution in [1.82, 2.24) is 0 Å². The number of benzene rings is 1. The molecule has 1 aliphatic carbocycles. The van der Waals surface area contributed by atoms with E-state index in [1.54, 1.807) is 6.07 Å². The van der Waals surface area contributed by atoms with E-state index in [9.17, 15) is 15.2 Å². The minimum atomic E-state index is -0.403. The third-order valence-corrected chi connectivity index (χ3v) is 4.76. The molecule has 0 amide bonds. The average Bonchev–Trinajstić information content (AvgIpc) is 2.47. The number of nitrogens with zero attached hydrogens (tertiary/aromatic N) is 1. The number of aliphatic hydroxyl groups is 1. The van der Waals surface area contributed by atoms with Crippen molar-refractivity contribution >= 4 is 27.3 Å². The van der Waals surface area contributed by atoms with Crippen molar-refractivity contribution in [3.63, 3.8) is 0 Å². The summed E-state index contributed by atoms with van der Waals surface area (Å²) in [6, 6.07) is 4.67. The summed E-state index contributed by atoms with van der Waals surface area (Å²) in [7, 11) is 0. The monoisotopic (exact) mass is 342 g/mol. The molecule has 0 aromatic heterocycles. The fourth-order valence-electron chi connectivity index (χ4n) is 2.74. The van der Waals surface area contributed by atoms with Crippen LogP contribution in [0.15, 0.2) is 22.7 Å². The maximum atomic E-state index is 10.8. The number of aliphatic hydroxyl groups excluding tert-OH is 1. The second-order valence-corrected chi connectivity index (χ2v) is 6.35. The molecule has 1 aromatic carbocycles. The molecule has 1 aliphatic rings. The lowest BCUT2D eigenvalue weighted by molar-refractivity contribution is -0.384. The van der Waals surface area contributed by atoms with Crippen LogP contribution in [0.25, 0.3) is 0 Å². The largest absolute Gasteiger partial charge is 0.396 e. The van der Waals surface area contributed by atoms with Gasteiger partial charge in [0, 0.05) is 28.6 Å². The molecule has 2 rings (SSSR count). The first-order valence-corrected chi connectivity index (χ1v) is 7.64. The average molecular weight is 343 g/mol. The van der Waals surface area contributed by atoms with Gasteiger partial charge < -0.3 is 10.4 Å². The van der Waals surface area contributed by atoms with E-state index in [1.807, 2.05) is 0 Å². The molecule has 1 saturated carbocycles. The zero-order valence-corrected chi connectivity index (χ0v) is 12.9. The molecular weight excluding hydrogens is 324 g/mol. The number of hydrogen-bond acceptors (Lipinski definition) is 4. The van der Waals surface area contributed by atoms with Crippen LogP contribution in [0.3, 0.4) is 0 Å². The van der Waals surface area contributed by atoms with Crippen LogP contribution in [0.2, 0.25) is 0 Å². The van der Waals surface area contributed by atoms with Gasteiger partial charge in [-0.3, -0.25) is 10.1 Å². The van der Waals surface area contributed by atoms with Gasteiger partial charge in [0.15, 0.2) is 0 Å². The number of nitro groups is 1. The van der Waals surface area contributed by atoms with Crippen molar-refractivity contribution in [3.8, 4) is 0 Å². The third kappa shape index (κ3) is 3.49. The van der Waals surface area contributed by atoms with Crippen LogP contribution >= 0.6 is 15.9 Å². The highest BCUT2D eigenvalue weighted by atomic mass is 79.9. The van der Waals surface area contributed by atoms with Crippen molar-refractivity contribution in [2.75, 3.05) is 18.5 Å². The van der Waals surface area contributed by atoms with Gasteiger partial charge in [-0.2, -0.15) is 0 Å². The van der Waals surface area contributed by atoms with Gasteiger partial charge in [-0.15, -0.1) is 0 Å². The Morgan fingerprint density at radius 1 is 1.35 bits per heavy atom. The molecule has 20 heavy (non-hydrogen) atoms. The van der Waals surface area contributed by atoms with Crippen molar-refractivity contribution in [3.05, 3.63) is 32.8 Å². The summed E-state index contributed by atoms with van der Waals surface area (Å²) in [5, 5.41) is 23.7. The second-order valence-electron chi connectivity index (χ2n) is 5.49. The topological polar surface area (TPSA) is 75.4 Å². The first kappa shape index (κ1) is 15.3. The van der Waals surface area contributed by atoms with Gasteiger partial charge in [-0.05, 0) is 34.8 Å². The molecule has 1 fully saturated rings. The molecular formula is C14H19BrN2O3. The molecule has 110 valence electrons. The summed E-state index contributed by atoms with van der Waals surface area (Å²) in [5.41, 5.74) is 0.678. The summed E-state index contributed by atoms with van der Waals surface area (Å²) in [6.07, 6.45) is 5.50. The molecule has 0 heterocycles. The van der Waals surface area contributed by atoms with E-state index in [2.05, 4.69) is 21.2 Å². The number of halogens is 1. The Kier molecular flexibility index (Phi) is 4.99. The lowest BCUT2D eigenvalue weighted by Gasteiger charge is -2.36. The predicted molar refractivity (Wildman–Crippen MR) is 81.9 cm³/mol. The molecule has 0 aliphatic heterocycles. The quantitative estimate of drug-likeness (QED) is 0.631. The number of anilines is 1. The summed E-state index contributed by atoms with van der Waals surface area (Å²) < 4.78 is 0.798. The third-order valence-electron chi connectivity index (χ3n) is 4.06. The van der Waals surface area contributed by atoms with E-state index < -0.39 is 4.92 Å². The molecule has 6 heteroatoms. The zero-order chi connectivity index (χ0) is 14.6. The van der Waals surface area contributed by atoms with E-state index in [0.29, 0.717) is 12.2 Å². The maximum absolute atomic E-state index is 10.8. The lowest BCUT2D eigenvalue weighted by Crippen LogP contribution is -2.35. The van der Waals surface area contributed by atoms with Gasteiger partial charge in [0.1, 0.15) is 0 Å². The molecule has 0 radical (unpaired) electrons. The number of nitro benzene ring substituents is 1. The van der Waals surface area contributed by atoms with Crippen molar-refractivity contribution in [2.24, 2.45) is 5.41 Å². The van der Waals surface area contributed by atoms with Crippen molar-refractivity contribution in [2.45, 2.75) is 32.1 Å². The number of non-ortho nitro benzene ring substituents is 1. The van der Waals surface area contributed by atoms with Gasteiger partial charge >= 0.3 is 0 Å². The smallest absolute Gasteiger partial charge is 0.271 e. The van der Waals surface area contributed by atoms with E-state index in [4.69, 9.17) is 0 Å². The summed E-state index contributed by atoms with van der Waals surface area (Å²) in [4.78, 5) is 10.4. The minimum Gasteiger partial charge on any atom is -0.396 e. The molecule has 5 nitrogen and oxygen atoms in total. The summed E-state index contributed by atoms with van der Waals surface area (Å²) in [6.45, 7) is 0.801. The zero-order valence-electron chi connectivity index (χ0n) is 11.3. The van der Waals surface area contributed by atoms with Gasteiger partial charge in [-0.25, -0.2) is 0 Å². The SMILES string of the molecule is O=[N+]([O-])c1ccc(Br)c(NCC2(CO)CCCCC2)c1. The first-order chi connectivity index (χ1) is 9.56. The van der Waals surface area contributed by atoms with Crippen molar-refractivity contribution in [1.29, 1.82) is 0 Å². The Morgan fingerprint density at radius 2 is 2.05 bits per heavy atom. The van der Waals surface area contributed by atoms with Gasteiger partial charge in [-0.1, -0.05) is 19.3 Å². The fourth-order valence-corrected chi connectivity index (χ4v) is 3.12. The standard InChI is InChI=1S/C14H19BrN2O3/c15-12-5-4-11(17(19)20)8-13(12)16-9-14(10-18)6-2-1-3-7-14/h4-5,8,16,18H,1-3,6-7,9-10H2. The summed E-state index contributed by atoms with van der Waals surface area (Å²) in [5.74, 6) is 0. The van der Waals surface area contributed by atoms with Crippen molar-refractivity contribution < 1.29 is 10.0 Å². The van der Waals surface area contributed by atoms with Crippen LogP contribution in [0.1, 0.15) is 32.1 Å². The number of hydrogen-bond donors (Lipinski definition) is 2. The molecule has 1 aromatic rings.